The molecule has 0 aromatic carbocycles. The predicted octanol–water partition coefficient (Wildman–Crippen LogP) is -1.75. The molecule has 1 fully saturated rings. The number of hydrogen-bond acceptors (Lipinski definition) is 4. The van der Waals surface area contributed by atoms with Crippen LogP contribution in [0.25, 0.3) is 0 Å². The van der Waals surface area contributed by atoms with Gasteiger partial charge in [-0.15, -0.1) is 0 Å². The summed E-state index contributed by atoms with van der Waals surface area (Å²) in [5.74, 6) is 0. The molecule has 1 saturated heterocycles. The summed E-state index contributed by atoms with van der Waals surface area (Å²) in [6, 6.07) is 0. The normalized spacial score (nSPS) is 19.0. The Hall–Kier alpha value is 0.252. The Balaban J connectivity index is 2.24. The van der Waals surface area contributed by atoms with Crippen molar-refractivity contribution >= 4 is 30.5 Å². The molecule has 1 rings (SSSR count). The molecule has 1 aliphatic heterocycles. The zero-order chi connectivity index (χ0) is 8.32. The third-order valence-corrected chi connectivity index (χ3v) is 2.40. The highest BCUT2D eigenvalue weighted by molar-refractivity contribution is 6.86. The molecule has 0 unspecified atom stereocenters. The van der Waals surface area contributed by atoms with Crippen LogP contribution in [0, 0.1) is 0 Å². The minimum absolute atomic E-state index is 0.183. The molecule has 4 N–H and O–H groups in total. The van der Waals surface area contributed by atoms with Gasteiger partial charge in [0.1, 0.15) is 8.24 Å². The van der Waals surface area contributed by atoms with E-state index in [1.807, 2.05) is 15.1 Å². The van der Waals surface area contributed by atoms with Crippen molar-refractivity contribution in [3.63, 3.8) is 0 Å². The first-order valence-corrected chi connectivity index (χ1v) is 7.27. The second-order valence-corrected chi connectivity index (χ2v) is 8.40. The molecule has 11 heavy (non-hydrogen) atoms. The summed E-state index contributed by atoms with van der Waals surface area (Å²) >= 11 is 0. The summed E-state index contributed by atoms with van der Waals surface area (Å²) in [6.07, 6.45) is 0. The topological polar surface area (TPSA) is 48.1 Å². The lowest BCUT2D eigenvalue weighted by Crippen LogP contribution is -2.73. The lowest BCUT2D eigenvalue weighted by molar-refractivity contribution is 1.15. The highest BCUT2D eigenvalue weighted by atomic mass is 28.3. The summed E-state index contributed by atoms with van der Waals surface area (Å²) in [4.78, 5) is 3.47. The Morgan fingerprint density at radius 1 is 1.18 bits per heavy atom. The summed E-state index contributed by atoms with van der Waals surface area (Å²) in [5, 5.41) is 9.15. The Bertz CT molecular complexity index is 122. The van der Waals surface area contributed by atoms with Crippen LogP contribution < -0.4 is 20.3 Å². The molecule has 0 amide bonds. The van der Waals surface area contributed by atoms with Gasteiger partial charge in [-0.1, -0.05) is 19.6 Å². The highest BCUT2D eigenvalue weighted by Gasteiger charge is 2.24. The van der Waals surface area contributed by atoms with E-state index in [4.69, 9.17) is 0 Å². The molecular formula is C3H13B3N4Si. The lowest BCUT2D eigenvalue weighted by Gasteiger charge is -2.28. The van der Waals surface area contributed by atoms with Gasteiger partial charge >= 0.3 is 7.12 Å². The Labute approximate surface area is 71.1 Å². The van der Waals surface area contributed by atoms with Crippen molar-refractivity contribution in [1.82, 2.24) is 20.3 Å². The molecular weight excluding hydrogens is 153 g/mol. The van der Waals surface area contributed by atoms with Gasteiger partial charge in [-0.25, -0.2) is 0 Å². The summed E-state index contributed by atoms with van der Waals surface area (Å²) in [6.45, 7) is 6.79. The maximum atomic E-state index is 3.47. The maximum Gasteiger partial charge on any atom is 0.366 e. The number of hydrogen-bond donors (Lipinski definition) is 4. The van der Waals surface area contributed by atoms with Crippen LogP contribution in [0.2, 0.25) is 19.6 Å². The summed E-state index contributed by atoms with van der Waals surface area (Å²) in [5.41, 5.74) is 0. The van der Waals surface area contributed by atoms with Gasteiger partial charge in [-0.05, 0) is 0 Å². The van der Waals surface area contributed by atoms with E-state index in [2.05, 4.69) is 40.0 Å². The highest BCUT2D eigenvalue weighted by Crippen LogP contribution is 1.92. The van der Waals surface area contributed by atoms with E-state index in [1.165, 1.54) is 0 Å². The van der Waals surface area contributed by atoms with Crippen molar-refractivity contribution < 1.29 is 0 Å². The number of rotatable bonds is 2. The molecule has 2 radical (unpaired) electrons. The maximum absolute atomic E-state index is 3.47. The van der Waals surface area contributed by atoms with Gasteiger partial charge in [0.05, 0.1) is 0 Å². The van der Waals surface area contributed by atoms with Crippen molar-refractivity contribution in [3.8, 4) is 0 Å². The largest absolute Gasteiger partial charge is 0.379 e. The van der Waals surface area contributed by atoms with Gasteiger partial charge in [-0.3, -0.25) is 0 Å². The molecule has 0 aromatic heterocycles. The fraction of sp³-hybridized carbons (Fsp3) is 1.00. The van der Waals surface area contributed by atoms with Crippen molar-refractivity contribution in [2.24, 2.45) is 0 Å². The van der Waals surface area contributed by atoms with Crippen molar-refractivity contribution in [2.75, 3.05) is 0 Å². The molecule has 0 aromatic rings. The van der Waals surface area contributed by atoms with Crippen LogP contribution in [-0.2, 0) is 0 Å². The molecule has 1 aliphatic rings. The molecule has 4 nitrogen and oxygen atoms in total. The van der Waals surface area contributed by atoms with Crippen LogP contribution in [0.5, 0.6) is 0 Å². The fourth-order valence-corrected chi connectivity index (χ4v) is 1.90. The van der Waals surface area contributed by atoms with Gasteiger partial charge in [0.2, 0.25) is 0 Å². The van der Waals surface area contributed by atoms with E-state index in [0.29, 0.717) is 0 Å². The van der Waals surface area contributed by atoms with Gasteiger partial charge in [-0.2, -0.15) is 0 Å². The van der Waals surface area contributed by atoms with E-state index in [-0.39, 0.29) is 7.12 Å². The van der Waals surface area contributed by atoms with Crippen LogP contribution >= 0.6 is 0 Å². The van der Waals surface area contributed by atoms with Gasteiger partial charge in [0.15, 0.2) is 0 Å². The molecule has 0 bridgehead atoms. The first kappa shape index (κ1) is 9.34. The Morgan fingerprint density at radius 3 is 2.18 bits per heavy atom. The van der Waals surface area contributed by atoms with Crippen molar-refractivity contribution in [3.05, 3.63) is 0 Å². The second kappa shape index (κ2) is 3.77. The third kappa shape index (κ3) is 3.98. The fourth-order valence-electron chi connectivity index (χ4n) is 0.869. The van der Waals surface area contributed by atoms with E-state index < -0.39 is 8.24 Å². The minimum Gasteiger partial charge on any atom is -0.379 e. The van der Waals surface area contributed by atoms with Crippen LogP contribution in [0.1, 0.15) is 0 Å². The minimum atomic E-state index is -1.19. The van der Waals surface area contributed by atoms with Crippen LogP contribution in [-0.4, -0.2) is 30.5 Å². The quantitative estimate of drug-likeness (QED) is 0.367. The average Bonchev–Trinajstić information content (AvgIpc) is 1.85. The zero-order valence-corrected chi connectivity index (χ0v) is 8.23. The molecule has 0 atom stereocenters. The first-order valence-electron chi connectivity index (χ1n) is 3.77. The lowest BCUT2D eigenvalue weighted by atomic mass is 9.77. The average molecular weight is 166 g/mol. The van der Waals surface area contributed by atoms with Gasteiger partial charge in [0.25, 0.3) is 15.1 Å². The molecule has 58 valence electrons. The van der Waals surface area contributed by atoms with E-state index in [1.54, 1.807) is 0 Å². The molecule has 0 aliphatic carbocycles. The van der Waals surface area contributed by atoms with Crippen molar-refractivity contribution in [1.29, 1.82) is 0 Å². The molecule has 0 saturated carbocycles. The first-order chi connectivity index (χ1) is 5.08. The standard InChI is InChI=1S/C3H13B3N4Si/c1-11(2,3)10-6-8-4-7-5-9-6/h7-10H,1-3H3. The number of nitrogens with one attached hydrogen (secondary N) is 4. The zero-order valence-electron chi connectivity index (χ0n) is 7.23. The van der Waals surface area contributed by atoms with Crippen LogP contribution in [0.15, 0.2) is 0 Å². The van der Waals surface area contributed by atoms with E-state index >= 15 is 0 Å². The predicted molar refractivity (Wildman–Crippen MR) is 53.2 cm³/mol. The second-order valence-electron chi connectivity index (χ2n) is 3.62. The van der Waals surface area contributed by atoms with Gasteiger partial charge in [0, 0.05) is 0 Å². The molecule has 8 heteroatoms. The van der Waals surface area contributed by atoms with E-state index in [9.17, 15) is 0 Å². The Kier molecular flexibility index (Phi) is 3.20. The van der Waals surface area contributed by atoms with Crippen molar-refractivity contribution in [2.45, 2.75) is 19.6 Å². The smallest absolute Gasteiger partial charge is 0.366 e. The van der Waals surface area contributed by atoms with Gasteiger partial charge < -0.3 is 20.3 Å². The monoisotopic (exact) mass is 166 g/mol. The Morgan fingerprint density at radius 2 is 1.73 bits per heavy atom. The molecule has 1 heterocycles. The summed E-state index contributed by atoms with van der Waals surface area (Å²) in [7, 11) is 2.62. The molecule has 0 spiro atoms. The van der Waals surface area contributed by atoms with Crippen LogP contribution in [0.4, 0.5) is 0 Å². The van der Waals surface area contributed by atoms with E-state index in [0.717, 1.165) is 0 Å². The SMILES string of the molecule is C[Si](C)(C)NB1N[B]N[B]N1. The third-order valence-electron chi connectivity index (χ3n) is 1.24. The van der Waals surface area contributed by atoms with Crippen LogP contribution in [0.3, 0.4) is 0 Å². The summed E-state index contributed by atoms with van der Waals surface area (Å²) < 4.78 is 0.